The monoisotopic (exact) mass is 584 g/mol. The molecule has 0 aliphatic carbocycles. The van der Waals surface area contributed by atoms with Crippen LogP contribution in [0.5, 0.6) is 0 Å². The quantitative estimate of drug-likeness (QED) is 0.231. The standard InChI is InChI=1S/C31H41FN4O6/c1-20(2)15-26(29(39)34-25(18-37)17-23-9-6-14-33-28(23)38)35-30(40)27(16-21-10-12-24(32)13-11-21)36-31(41)42-19-22-7-4-3-5-8-22/h3-5,7-8,10-13,20,23,25-27,37H,6,9,14-19H2,1-2H3,(H,33,38)(H,34,39)(H,35,40)(H,36,41)/t23-,25-,26?,27-/m0/s1. The molecule has 1 fully saturated rings. The second-order valence-electron chi connectivity index (χ2n) is 11.0. The third-order valence-corrected chi connectivity index (χ3v) is 7.05. The van der Waals surface area contributed by atoms with E-state index in [9.17, 15) is 28.7 Å². The van der Waals surface area contributed by atoms with Crippen LogP contribution in [0.2, 0.25) is 0 Å². The smallest absolute Gasteiger partial charge is 0.408 e. The van der Waals surface area contributed by atoms with Crippen molar-refractivity contribution in [3.63, 3.8) is 0 Å². The predicted octanol–water partition coefficient (Wildman–Crippen LogP) is 2.59. The van der Waals surface area contributed by atoms with Gasteiger partial charge in [0.2, 0.25) is 17.7 Å². The van der Waals surface area contributed by atoms with E-state index in [1.54, 1.807) is 12.1 Å². The Labute approximate surface area is 245 Å². The Balaban J connectivity index is 1.69. The summed E-state index contributed by atoms with van der Waals surface area (Å²) in [5.74, 6) is -1.95. The molecule has 1 heterocycles. The van der Waals surface area contributed by atoms with Crippen molar-refractivity contribution in [2.75, 3.05) is 13.2 Å². The SMILES string of the molecule is CC(C)CC(NC(=O)[C@H](Cc1ccc(F)cc1)NC(=O)OCc1ccccc1)C(=O)N[C@H](CO)C[C@@H]1CCCNC1=O. The van der Waals surface area contributed by atoms with E-state index < -0.39 is 41.9 Å². The molecule has 0 aromatic heterocycles. The number of nitrogens with one attached hydrogen (secondary N) is 4. The molecule has 0 saturated carbocycles. The minimum absolute atomic E-state index is 0.00247. The van der Waals surface area contributed by atoms with Crippen molar-refractivity contribution in [1.82, 2.24) is 21.3 Å². The molecule has 11 heteroatoms. The van der Waals surface area contributed by atoms with Gasteiger partial charge in [-0.3, -0.25) is 14.4 Å². The number of rotatable bonds is 14. The zero-order valence-electron chi connectivity index (χ0n) is 24.1. The molecule has 1 unspecified atom stereocenters. The maximum Gasteiger partial charge on any atom is 0.408 e. The van der Waals surface area contributed by atoms with E-state index in [4.69, 9.17) is 4.74 Å². The maximum absolute atomic E-state index is 13.5. The maximum atomic E-state index is 13.5. The lowest BCUT2D eigenvalue weighted by Crippen LogP contribution is -2.56. The first-order valence-electron chi connectivity index (χ1n) is 14.4. The number of amides is 4. The Bertz CT molecular complexity index is 1180. The average Bonchev–Trinajstić information content (AvgIpc) is 2.97. The summed E-state index contributed by atoms with van der Waals surface area (Å²) >= 11 is 0. The van der Waals surface area contributed by atoms with Gasteiger partial charge in [-0.05, 0) is 54.9 Å². The summed E-state index contributed by atoms with van der Waals surface area (Å²) in [6, 6.07) is 11.8. The van der Waals surface area contributed by atoms with Gasteiger partial charge in [-0.25, -0.2) is 9.18 Å². The van der Waals surface area contributed by atoms with Crippen LogP contribution in [-0.4, -0.2) is 60.2 Å². The molecule has 1 saturated heterocycles. The van der Waals surface area contributed by atoms with Gasteiger partial charge in [-0.15, -0.1) is 0 Å². The minimum atomic E-state index is -1.12. The number of ether oxygens (including phenoxy) is 1. The zero-order chi connectivity index (χ0) is 30.5. The van der Waals surface area contributed by atoms with E-state index in [1.165, 1.54) is 24.3 Å². The Morgan fingerprint density at radius 3 is 2.31 bits per heavy atom. The molecule has 4 atom stereocenters. The summed E-state index contributed by atoms with van der Waals surface area (Å²) in [7, 11) is 0. The zero-order valence-corrected chi connectivity index (χ0v) is 24.1. The number of hydrogen-bond donors (Lipinski definition) is 5. The highest BCUT2D eigenvalue weighted by Crippen LogP contribution is 2.18. The Morgan fingerprint density at radius 1 is 0.976 bits per heavy atom. The van der Waals surface area contributed by atoms with Gasteiger partial charge < -0.3 is 31.1 Å². The van der Waals surface area contributed by atoms with Gasteiger partial charge in [-0.1, -0.05) is 56.3 Å². The normalized spacial score (nSPS) is 17.0. The lowest BCUT2D eigenvalue weighted by Gasteiger charge is -2.28. The van der Waals surface area contributed by atoms with Crippen LogP contribution in [0.25, 0.3) is 0 Å². The summed E-state index contributed by atoms with van der Waals surface area (Å²) in [4.78, 5) is 51.7. The van der Waals surface area contributed by atoms with Crippen LogP contribution < -0.4 is 21.3 Å². The van der Waals surface area contributed by atoms with E-state index in [2.05, 4.69) is 21.3 Å². The molecule has 1 aliphatic heterocycles. The molecule has 4 amide bonds. The van der Waals surface area contributed by atoms with Crippen LogP contribution in [-0.2, 0) is 32.1 Å². The number of alkyl carbamates (subject to hydrolysis) is 1. The van der Waals surface area contributed by atoms with Crippen molar-refractivity contribution >= 4 is 23.8 Å². The van der Waals surface area contributed by atoms with Gasteiger partial charge in [0.1, 0.15) is 24.5 Å². The van der Waals surface area contributed by atoms with E-state index in [0.717, 1.165) is 12.0 Å². The van der Waals surface area contributed by atoms with E-state index >= 15 is 0 Å². The van der Waals surface area contributed by atoms with Crippen LogP contribution >= 0.6 is 0 Å². The molecule has 2 aromatic rings. The number of aliphatic hydroxyl groups excluding tert-OH is 1. The van der Waals surface area contributed by atoms with Crippen molar-refractivity contribution in [3.05, 3.63) is 71.5 Å². The minimum Gasteiger partial charge on any atom is -0.445 e. The topological polar surface area (TPSA) is 146 Å². The molecule has 3 rings (SSSR count). The Morgan fingerprint density at radius 2 is 1.67 bits per heavy atom. The third kappa shape index (κ3) is 10.8. The second-order valence-corrected chi connectivity index (χ2v) is 11.0. The lowest BCUT2D eigenvalue weighted by atomic mass is 9.91. The summed E-state index contributed by atoms with van der Waals surface area (Å²) in [5.41, 5.74) is 1.36. The first-order valence-corrected chi connectivity index (χ1v) is 14.4. The van der Waals surface area contributed by atoms with Gasteiger partial charge >= 0.3 is 6.09 Å². The van der Waals surface area contributed by atoms with Crippen LogP contribution in [0.15, 0.2) is 54.6 Å². The fourth-order valence-corrected chi connectivity index (χ4v) is 4.83. The molecule has 42 heavy (non-hydrogen) atoms. The molecule has 10 nitrogen and oxygen atoms in total. The largest absolute Gasteiger partial charge is 0.445 e. The summed E-state index contributed by atoms with van der Waals surface area (Å²) in [6.45, 7) is 4.05. The molecular weight excluding hydrogens is 543 g/mol. The Hall–Kier alpha value is -3.99. The summed E-state index contributed by atoms with van der Waals surface area (Å²) in [6.07, 6.45) is 1.27. The van der Waals surface area contributed by atoms with E-state index in [0.29, 0.717) is 24.9 Å². The van der Waals surface area contributed by atoms with Gasteiger partial charge in [0, 0.05) is 18.9 Å². The van der Waals surface area contributed by atoms with Crippen molar-refractivity contribution in [2.24, 2.45) is 11.8 Å². The van der Waals surface area contributed by atoms with Crippen molar-refractivity contribution in [3.8, 4) is 0 Å². The van der Waals surface area contributed by atoms with Crippen LogP contribution in [0, 0.1) is 17.7 Å². The lowest BCUT2D eigenvalue weighted by molar-refractivity contribution is -0.131. The molecule has 5 N–H and O–H groups in total. The summed E-state index contributed by atoms with van der Waals surface area (Å²) in [5, 5.41) is 20.8. The number of benzene rings is 2. The van der Waals surface area contributed by atoms with Crippen molar-refractivity contribution in [1.29, 1.82) is 0 Å². The number of aliphatic hydroxyl groups is 1. The number of hydrogen-bond acceptors (Lipinski definition) is 6. The number of piperidine rings is 1. The highest BCUT2D eigenvalue weighted by atomic mass is 19.1. The molecule has 2 aromatic carbocycles. The first kappa shape index (κ1) is 32.5. The van der Waals surface area contributed by atoms with E-state index in [1.807, 2.05) is 32.0 Å². The van der Waals surface area contributed by atoms with Crippen LogP contribution in [0.3, 0.4) is 0 Å². The first-order chi connectivity index (χ1) is 20.1. The van der Waals surface area contributed by atoms with Crippen LogP contribution in [0.4, 0.5) is 9.18 Å². The van der Waals surface area contributed by atoms with Gasteiger partial charge in [0.05, 0.1) is 12.6 Å². The number of carbonyl (C=O) groups excluding carboxylic acids is 4. The molecule has 0 radical (unpaired) electrons. The third-order valence-electron chi connectivity index (χ3n) is 7.05. The molecule has 0 spiro atoms. The highest BCUT2D eigenvalue weighted by molar-refractivity contribution is 5.91. The number of carbonyl (C=O) groups is 4. The van der Waals surface area contributed by atoms with E-state index in [-0.39, 0.29) is 43.8 Å². The predicted molar refractivity (Wildman–Crippen MR) is 154 cm³/mol. The highest BCUT2D eigenvalue weighted by Gasteiger charge is 2.31. The second kappa shape index (κ2) is 16.5. The molecule has 228 valence electrons. The van der Waals surface area contributed by atoms with Gasteiger partial charge in [0.25, 0.3) is 0 Å². The van der Waals surface area contributed by atoms with Crippen LogP contribution in [0.1, 0.15) is 50.7 Å². The van der Waals surface area contributed by atoms with Crippen molar-refractivity contribution < 1.29 is 33.4 Å². The fourth-order valence-electron chi connectivity index (χ4n) is 4.83. The molecule has 0 bridgehead atoms. The molecule has 1 aliphatic rings. The average molecular weight is 585 g/mol. The Kier molecular flexibility index (Phi) is 12.7. The summed E-state index contributed by atoms with van der Waals surface area (Å²) < 4.78 is 18.8. The van der Waals surface area contributed by atoms with Gasteiger partial charge in [-0.2, -0.15) is 0 Å². The molecular formula is C31H41FN4O6. The number of halogens is 1. The van der Waals surface area contributed by atoms with Gasteiger partial charge in [0.15, 0.2) is 0 Å². The van der Waals surface area contributed by atoms with Crippen molar-refractivity contribution in [2.45, 2.75) is 70.7 Å². The fraction of sp³-hybridized carbons (Fsp3) is 0.484.